The van der Waals surface area contributed by atoms with Gasteiger partial charge in [0.05, 0.1) is 11.0 Å². The first-order valence-corrected chi connectivity index (χ1v) is 11.4. The van der Waals surface area contributed by atoms with Gasteiger partial charge in [-0.05, 0) is 55.5 Å². The largest absolute Gasteiger partial charge is 0.331 e. The first-order chi connectivity index (χ1) is 17.4. The van der Waals surface area contributed by atoms with Crippen LogP contribution in [0.15, 0.2) is 102 Å². The Morgan fingerprint density at radius 2 is 1.28 bits per heavy atom. The van der Waals surface area contributed by atoms with Crippen molar-refractivity contribution in [2.75, 3.05) is 0 Å². The summed E-state index contributed by atoms with van der Waals surface area (Å²) in [5.74, 6) is -0.936. The Balaban J connectivity index is 1.57. The average molecular weight is 475 g/mol. The molecule has 0 spiro atoms. The first-order valence-electron chi connectivity index (χ1n) is 11.4. The number of para-hydroxylation sites is 1. The third-order valence-corrected chi connectivity index (χ3v) is 6.00. The van der Waals surface area contributed by atoms with Crippen LogP contribution in [0.1, 0.15) is 40.1 Å². The molecular formula is C30H22N2O4. The highest BCUT2D eigenvalue weighted by atomic mass is 16.7. The highest BCUT2D eigenvalue weighted by molar-refractivity contribution is 6.45. The molecule has 0 bridgehead atoms. The van der Waals surface area contributed by atoms with Crippen molar-refractivity contribution < 1.29 is 19.2 Å². The van der Waals surface area contributed by atoms with Gasteiger partial charge in [-0.15, -0.1) is 0 Å². The van der Waals surface area contributed by atoms with Crippen molar-refractivity contribution in [3.05, 3.63) is 114 Å². The Kier molecular flexibility index (Phi) is 6.00. The second-order valence-corrected chi connectivity index (χ2v) is 8.42. The third-order valence-electron chi connectivity index (χ3n) is 6.00. The molecule has 4 aromatic carbocycles. The minimum atomic E-state index is -0.586. The third kappa shape index (κ3) is 4.20. The molecule has 0 atom stereocenters. The van der Waals surface area contributed by atoms with Crippen LogP contribution in [-0.4, -0.2) is 27.8 Å². The molecule has 5 aromatic rings. The molecule has 0 unspecified atom stereocenters. The standard InChI is InChI=1S/C30H22N2O4/c1-19(31-36-20(2)33)29(34)23-14-17-28-26(18-23)25-10-6-7-11-27(25)32(28)24-15-12-22(13-16-24)30(35)21-8-4-3-5-9-21/h3-18H,1-2H3/b31-19+. The maximum atomic E-state index is 12.9. The van der Waals surface area contributed by atoms with Gasteiger partial charge in [-0.25, -0.2) is 4.79 Å². The van der Waals surface area contributed by atoms with Gasteiger partial charge >= 0.3 is 5.97 Å². The molecule has 0 saturated carbocycles. The van der Waals surface area contributed by atoms with E-state index >= 15 is 0 Å². The molecule has 36 heavy (non-hydrogen) atoms. The summed E-state index contributed by atoms with van der Waals surface area (Å²) in [5.41, 5.74) is 4.59. The molecular weight excluding hydrogens is 452 g/mol. The maximum Gasteiger partial charge on any atom is 0.331 e. The molecule has 1 heterocycles. The minimum absolute atomic E-state index is 0.0293. The van der Waals surface area contributed by atoms with Crippen LogP contribution in [0, 0.1) is 0 Å². The zero-order valence-corrected chi connectivity index (χ0v) is 19.8. The van der Waals surface area contributed by atoms with E-state index in [0.717, 1.165) is 27.5 Å². The molecule has 0 aliphatic rings. The van der Waals surface area contributed by atoms with E-state index < -0.39 is 5.97 Å². The first kappa shape index (κ1) is 22.9. The molecule has 1 aromatic heterocycles. The summed E-state index contributed by atoms with van der Waals surface area (Å²) in [5, 5.41) is 5.52. The van der Waals surface area contributed by atoms with Crippen LogP contribution in [0.5, 0.6) is 0 Å². The summed E-state index contributed by atoms with van der Waals surface area (Å²) in [7, 11) is 0. The fourth-order valence-electron chi connectivity index (χ4n) is 4.29. The number of carbonyl (C=O) groups excluding carboxylic acids is 3. The number of nitrogens with zero attached hydrogens (tertiary/aromatic N) is 2. The number of benzene rings is 4. The quantitative estimate of drug-likeness (QED) is 0.128. The van der Waals surface area contributed by atoms with Crippen molar-refractivity contribution in [2.45, 2.75) is 13.8 Å². The normalized spacial score (nSPS) is 11.6. The molecule has 0 saturated heterocycles. The van der Waals surface area contributed by atoms with Crippen LogP contribution in [0.2, 0.25) is 0 Å². The Bertz CT molecular complexity index is 1660. The fraction of sp³-hybridized carbons (Fsp3) is 0.0667. The Morgan fingerprint density at radius 1 is 0.667 bits per heavy atom. The zero-order valence-electron chi connectivity index (χ0n) is 19.8. The number of rotatable bonds is 6. The van der Waals surface area contributed by atoms with Gasteiger partial charge in [0.2, 0.25) is 5.78 Å². The van der Waals surface area contributed by atoms with Gasteiger partial charge in [0.15, 0.2) is 5.78 Å². The molecule has 0 amide bonds. The lowest BCUT2D eigenvalue weighted by Crippen LogP contribution is -2.11. The van der Waals surface area contributed by atoms with E-state index in [1.165, 1.54) is 13.8 Å². The summed E-state index contributed by atoms with van der Waals surface area (Å²) < 4.78 is 2.11. The second kappa shape index (κ2) is 9.43. The minimum Gasteiger partial charge on any atom is -0.318 e. The van der Waals surface area contributed by atoms with Crippen LogP contribution < -0.4 is 0 Å². The number of aromatic nitrogens is 1. The van der Waals surface area contributed by atoms with Crippen molar-refractivity contribution in [3.8, 4) is 5.69 Å². The Labute approximate surface area is 207 Å². The summed E-state index contributed by atoms with van der Waals surface area (Å²) in [6.07, 6.45) is 0. The van der Waals surface area contributed by atoms with Crippen molar-refractivity contribution in [1.29, 1.82) is 0 Å². The smallest absolute Gasteiger partial charge is 0.318 e. The van der Waals surface area contributed by atoms with Crippen LogP contribution in [0.25, 0.3) is 27.5 Å². The zero-order chi connectivity index (χ0) is 25.2. The van der Waals surface area contributed by atoms with Gasteiger partial charge in [0, 0.05) is 40.1 Å². The highest BCUT2D eigenvalue weighted by Crippen LogP contribution is 2.33. The summed E-state index contributed by atoms with van der Waals surface area (Å²) in [6.45, 7) is 2.74. The molecule has 0 radical (unpaired) electrons. The van der Waals surface area contributed by atoms with Crippen LogP contribution >= 0.6 is 0 Å². The fourth-order valence-corrected chi connectivity index (χ4v) is 4.29. The van der Waals surface area contributed by atoms with Crippen LogP contribution in [0.3, 0.4) is 0 Å². The van der Waals surface area contributed by atoms with Crippen LogP contribution in [0.4, 0.5) is 0 Å². The van der Waals surface area contributed by atoms with E-state index in [9.17, 15) is 14.4 Å². The summed E-state index contributed by atoms with van der Waals surface area (Å²) >= 11 is 0. The number of carbonyl (C=O) groups is 3. The van der Waals surface area contributed by atoms with E-state index in [-0.39, 0.29) is 17.3 Å². The Hall–Kier alpha value is -4.84. The lowest BCUT2D eigenvalue weighted by atomic mass is 10.0. The van der Waals surface area contributed by atoms with Crippen LogP contribution in [-0.2, 0) is 9.63 Å². The number of hydrogen-bond acceptors (Lipinski definition) is 5. The van der Waals surface area contributed by atoms with Gasteiger partial charge < -0.3 is 9.40 Å². The number of oxime groups is 1. The number of Topliss-reactive ketones (excluding diaryl/α,β-unsaturated/α-hetero) is 1. The van der Waals surface area contributed by atoms with E-state index in [1.54, 1.807) is 18.2 Å². The van der Waals surface area contributed by atoms with E-state index in [4.69, 9.17) is 0 Å². The maximum absolute atomic E-state index is 12.9. The SMILES string of the molecule is CC(=O)O/N=C(\C)C(=O)c1ccc2c(c1)c1ccccc1n2-c1ccc(C(=O)c2ccccc2)cc1. The monoisotopic (exact) mass is 474 g/mol. The van der Waals surface area contributed by atoms with Gasteiger partial charge in [-0.2, -0.15) is 0 Å². The number of ketones is 2. The predicted molar refractivity (Wildman–Crippen MR) is 140 cm³/mol. The van der Waals surface area contributed by atoms with Gasteiger partial charge in [-0.3, -0.25) is 9.59 Å². The molecule has 0 fully saturated rings. The number of hydrogen-bond donors (Lipinski definition) is 0. The molecule has 5 rings (SSSR count). The van der Waals surface area contributed by atoms with E-state index in [0.29, 0.717) is 16.7 Å². The number of fused-ring (bicyclic) bond motifs is 3. The van der Waals surface area contributed by atoms with Gasteiger partial charge in [0.1, 0.15) is 5.71 Å². The molecule has 176 valence electrons. The summed E-state index contributed by atoms with van der Waals surface area (Å²) in [6, 6.07) is 30.1. The molecule has 0 aliphatic carbocycles. The van der Waals surface area contributed by atoms with Crippen molar-refractivity contribution >= 4 is 45.1 Å². The van der Waals surface area contributed by atoms with Gasteiger partial charge in [-0.1, -0.05) is 53.7 Å². The lowest BCUT2D eigenvalue weighted by Gasteiger charge is -2.09. The lowest BCUT2D eigenvalue weighted by molar-refractivity contribution is -0.140. The summed E-state index contributed by atoms with van der Waals surface area (Å²) in [4.78, 5) is 41.4. The Morgan fingerprint density at radius 3 is 2.00 bits per heavy atom. The molecule has 6 nitrogen and oxygen atoms in total. The average Bonchev–Trinajstić information content (AvgIpc) is 3.25. The van der Waals surface area contributed by atoms with E-state index in [1.807, 2.05) is 78.9 Å². The van der Waals surface area contributed by atoms with Crippen molar-refractivity contribution in [3.63, 3.8) is 0 Å². The highest BCUT2D eigenvalue weighted by Gasteiger charge is 2.17. The van der Waals surface area contributed by atoms with E-state index in [2.05, 4.69) is 14.6 Å². The topological polar surface area (TPSA) is 77.7 Å². The molecule has 6 heteroatoms. The predicted octanol–water partition coefficient (Wildman–Crippen LogP) is 6.14. The second-order valence-electron chi connectivity index (χ2n) is 8.42. The molecule has 0 aliphatic heterocycles. The van der Waals surface area contributed by atoms with Gasteiger partial charge in [0.25, 0.3) is 0 Å². The van der Waals surface area contributed by atoms with Crippen molar-refractivity contribution in [1.82, 2.24) is 4.57 Å². The van der Waals surface area contributed by atoms with Crippen molar-refractivity contribution in [2.24, 2.45) is 5.16 Å². The molecule has 0 N–H and O–H groups in total.